The molecule has 0 saturated heterocycles. The highest BCUT2D eigenvalue weighted by molar-refractivity contribution is 7.85. The quantitative estimate of drug-likeness (QED) is 0.614. The van der Waals surface area contributed by atoms with Crippen molar-refractivity contribution in [3.8, 4) is 0 Å². The third-order valence-electron chi connectivity index (χ3n) is 1.59. The minimum absolute atomic E-state index is 0.240. The van der Waals surface area contributed by atoms with Crippen molar-refractivity contribution < 1.29 is 4.21 Å². The maximum absolute atomic E-state index is 11.5. The van der Waals surface area contributed by atoms with Crippen LogP contribution in [0.4, 0.5) is 0 Å². The molecule has 72 valence electrons. The number of nitrogens with zero attached hydrogens (tertiary/aromatic N) is 1. The van der Waals surface area contributed by atoms with E-state index in [4.69, 9.17) is 0 Å². The van der Waals surface area contributed by atoms with E-state index in [0.717, 1.165) is 5.71 Å². The van der Waals surface area contributed by atoms with E-state index in [1.807, 2.05) is 27.7 Å². The van der Waals surface area contributed by atoms with Gasteiger partial charge in [-0.2, -0.15) is 4.40 Å². The van der Waals surface area contributed by atoms with Crippen molar-refractivity contribution in [2.75, 3.05) is 0 Å². The van der Waals surface area contributed by atoms with E-state index in [2.05, 4.69) is 18.2 Å². The Balaban J connectivity index is 4.46. The topological polar surface area (TPSA) is 29.4 Å². The van der Waals surface area contributed by atoms with Crippen LogP contribution in [-0.2, 0) is 11.0 Å². The highest BCUT2D eigenvalue weighted by Crippen LogP contribution is 2.13. The van der Waals surface area contributed by atoms with Crippen LogP contribution in [0.3, 0.4) is 0 Å². The van der Waals surface area contributed by atoms with Gasteiger partial charge in [-0.3, -0.25) is 0 Å². The zero-order chi connectivity index (χ0) is 9.94. The molecule has 0 saturated carbocycles. The van der Waals surface area contributed by atoms with Gasteiger partial charge in [0.1, 0.15) is 11.0 Å². The van der Waals surface area contributed by atoms with Gasteiger partial charge in [-0.1, -0.05) is 13.8 Å². The summed E-state index contributed by atoms with van der Waals surface area (Å²) < 4.78 is 15.4. The molecular formula is C9H19NOS. The van der Waals surface area contributed by atoms with Crippen molar-refractivity contribution >= 4 is 16.7 Å². The van der Waals surface area contributed by atoms with Crippen molar-refractivity contribution in [3.63, 3.8) is 0 Å². The van der Waals surface area contributed by atoms with Crippen LogP contribution in [0.1, 0.15) is 41.5 Å². The van der Waals surface area contributed by atoms with Gasteiger partial charge in [0, 0.05) is 5.71 Å². The molecule has 0 spiro atoms. The Hall–Kier alpha value is -0.180. The second-order valence-electron chi connectivity index (χ2n) is 4.25. The smallest absolute Gasteiger partial charge is 0.144 e. The Bertz CT molecular complexity index is 201. The molecule has 2 nitrogen and oxygen atoms in total. The average Bonchev–Trinajstić information content (AvgIpc) is 1.85. The fourth-order valence-corrected chi connectivity index (χ4v) is 1.12. The Morgan fingerprint density at radius 3 is 2.00 bits per heavy atom. The third-order valence-corrected chi connectivity index (χ3v) is 3.09. The zero-order valence-corrected chi connectivity index (χ0v) is 9.66. The van der Waals surface area contributed by atoms with Gasteiger partial charge in [-0.05, 0) is 33.6 Å². The van der Waals surface area contributed by atoms with Crippen LogP contribution in [0.5, 0.6) is 0 Å². The van der Waals surface area contributed by atoms with E-state index in [9.17, 15) is 4.21 Å². The molecule has 12 heavy (non-hydrogen) atoms. The minimum atomic E-state index is -1.10. The van der Waals surface area contributed by atoms with Crippen LogP contribution < -0.4 is 0 Å². The summed E-state index contributed by atoms with van der Waals surface area (Å²) >= 11 is 0. The standard InChI is InChI=1S/C9H19NOS/c1-7(2)8(3)10-12(11)9(4,5)6/h7H,1-6H3. The normalized spacial score (nSPS) is 16.8. The van der Waals surface area contributed by atoms with Crippen LogP contribution in [-0.4, -0.2) is 14.7 Å². The van der Waals surface area contributed by atoms with E-state index < -0.39 is 11.0 Å². The SMILES string of the molecule is CC(=NS(=O)C(C)(C)C)C(C)C. The molecule has 0 radical (unpaired) electrons. The van der Waals surface area contributed by atoms with Gasteiger partial charge in [0.05, 0.1) is 4.75 Å². The molecule has 3 heteroatoms. The lowest BCUT2D eigenvalue weighted by Crippen LogP contribution is -2.21. The largest absolute Gasteiger partial charge is 0.234 e. The van der Waals surface area contributed by atoms with Gasteiger partial charge >= 0.3 is 0 Å². The lowest BCUT2D eigenvalue weighted by atomic mass is 10.1. The molecule has 0 aromatic heterocycles. The molecule has 0 aliphatic rings. The van der Waals surface area contributed by atoms with Gasteiger partial charge in [-0.25, -0.2) is 4.21 Å². The van der Waals surface area contributed by atoms with Gasteiger partial charge in [0.2, 0.25) is 0 Å². The molecule has 0 aromatic carbocycles. The Morgan fingerprint density at radius 2 is 1.75 bits per heavy atom. The summed E-state index contributed by atoms with van der Waals surface area (Å²) in [4.78, 5) is 0. The zero-order valence-electron chi connectivity index (χ0n) is 8.84. The van der Waals surface area contributed by atoms with Crippen LogP contribution >= 0.6 is 0 Å². The Labute approximate surface area is 78.1 Å². The fraction of sp³-hybridized carbons (Fsp3) is 0.889. The Morgan fingerprint density at radius 1 is 1.33 bits per heavy atom. The summed E-state index contributed by atoms with van der Waals surface area (Å²) in [7, 11) is -1.10. The van der Waals surface area contributed by atoms with Crippen molar-refractivity contribution in [2.45, 2.75) is 46.3 Å². The lowest BCUT2D eigenvalue weighted by Gasteiger charge is -2.14. The van der Waals surface area contributed by atoms with Gasteiger partial charge in [0.15, 0.2) is 0 Å². The maximum atomic E-state index is 11.5. The fourth-order valence-electron chi connectivity index (χ4n) is 0.373. The first kappa shape index (κ1) is 11.8. The van der Waals surface area contributed by atoms with Crippen molar-refractivity contribution in [2.24, 2.45) is 10.3 Å². The summed E-state index contributed by atoms with van der Waals surface area (Å²) in [6.07, 6.45) is 0. The van der Waals surface area contributed by atoms with Gasteiger partial charge < -0.3 is 0 Å². The Kier molecular flexibility index (Phi) is 4.11. The molecule has 0 aliphatic heterocycles. The predicted molar refractivity (Wildman–Crippen MR) is 55.8 cm³/mol. The van der Waals surface area contributed by atoms with Crippen molar-refractivity contribution in [1.82, 2.24) is 0 Å². The van der Waals surface area contributed by atoms with E-state index in [1.54, 1.807) is 0 Å². The summed E-state index contributed by atoms with van der Waals surface area (Å²) in [5, 5.41) is 0. The maximum Gasteiger partial charge on any atom is 0.144 e. The molecule has 1 atom stereocenters. The average molecular weight is 189 g/mol. The third kappa shape index (κ3) is 4.00. The molecule has 0 heterocycles. The number of rotatable bonds is 2. The highest BCUT2D eigenvalue weighted by atomic mass is 32.2. The first-order chi connectivity index (χ1) is 5.25. The first-order valence-electron chi connectivity index (χ1n) is 4.22. The number of hydrogen-bond donors (Lipinski definition) is 0. The molecule has 0 fully saturated rings. The highest BCUT2D eigenvalue weighted by Gasteiger charge is 2.19. The van der Waals surface area contributed by atoms with E-state index >= 15 is 0 Å². The molecule has 0 rings (SSSR count). The second kappa shape index (κ2) is 4.17. The monoisotopic (exact) mass is 189 g/mol. The molecule has 0 amide bonds. The minimum Gasteiger partial charge on any atom is -0.234 e. The van der Waals surface area contributed by atoms with Crippen LogP contribution in [0, 0.1) is 5.92 Å². The molecular weight excluding hydrogens is 170 g/mol. The van der Waals surface area contributed by atoms with Crippen LogP contribution in [0.15, 0.2) is 4.40 Å². The van der Waals surface area contributed by atoms with Gasteiger partial charge in [-0.15, -0.1) is 0 Å². The van der Waals surface area contributed by atoms with Crippen LogP contribution in [0.2, 0.25) is 0 Å². The van der Waals surface area contributed by atoms with Crippen molar-refractivity contribution in [3.05, 3.63) is 0 Å². The molecule has 0 aliphatic carbocycles. The van der Waals surface area contributed by atoms with Gasteiger partial charge in [0.25, 0.3) is 0 Å². The predicted octanol–water partition coefficient (Wildman–Crippen LogP) is 2.57. The molecule has 0 bridgehead atoms. The van der Waals surface area contributed by atoms with E-state index in [1.165, 1.54) is 0 Å². The summed E-state index contributed by atoms with van der Waals surface area (Å²) in [6, 6.07) is 0. The molecule has 0 N–H and O–H groups in total. The summed E-state index contributed by atoms with van der Waals surface area (Å²) in [5.41, 5.74) is 0.961. The van der Waals surface area contributed by atoms with E-state index in [0.29, 0.717) is 5.92 Å². The summed E-state index contributed by atoms with van der Waals surface area (Å²) in [5.74, 6) is 0.385. The lowest BCUT2D eigenvalue weighted by molar-refractivity contribution is 0.650. The molecule has 1 unspecified atom stereocenters. The first-order valence-corrected chi connectivity index (χ1v) is 5.33. The van der Waals surface area contributed by atoms with Crippen molar-refractivity contribution in [1.29, 1.82) is 0 Å². The molecule has 0 aromatic rings. The second-order valence-corrected chi connectivity index (χ2v) is 6.15. The summed E-state index contributed by atoms with van der Waals surface area (Å²) in [6.45, 7) is 11.8. The van der Waals surface area contributed by atoms with E-state index in [-0.39, 0.29) is 4.75 Å². The van der Waals surface area contributed by atoms with Crippen LogP contribution in [0.25, 0.3) is 0 Å². The number of hydrogen-bond acceptors (Lipinski definition) is 1.